The van der Waals surface area contributed by atoms with E-state index in [2.05, 4.69) is 27.9 Å². The number of carbonyl (C=O) groups excluding carboxylic acids is 1. The van der Waals surface area contributed by atoms with E-state index in [-0.39, 0.29) is 5.57 Å². The van der Waals surface area contributed by atoms with Gasteiger partial charge in [-0.3, -0.25) is 4.79 Å². The third kappa shape index (κ3) is 5.84. The highest BCUT2D eigenvalue weighted by atomic mass is 127. The first-order chi connectivity index (χ1) is 14.6. The van der Waals surface area contributed by atoms with Crippen molar-refractivity contribution in [3.05, 3.63) is 93.1 Å². The maximum absolute atomic E-state index is 12.5. The van der Waals surface area contributed by atoms with E-state index >= 15 is 0 Å². The van der Waals surface area contributed by atoms with Crippen molar-refractivity contribution in [2.24, 2.45) is 0 Å². The average molecular weight is 510 g/mol. The van der Waals surface area contributed by atoms with Gasteiger partial charge in [0.1, 0.15) is 29.7 Å². The number of rotatable bonds is 7. The standard InChI is InChI=1S/C24H19IN2O3/c1-29-23-12-7-18(14-22(23)25)13-19(15-26)24(28)27-20-8-10-21(11-9-20)30-16-17-5-3-2-4-6-17/h2-14H,16H2,1H3,(H,27,28)/b19-13+. The predicted molar refractivity (Wildman–Crippen MR) is 125 cm³/mol. The van der Waals surface area contributed by atoms with Crippen LogP contribution in [0, 0.1) is 14.9 Å². The number of amides is 1. The van der Waals surface area contributed by atoms with Gasteiger partial charge in [-0.05, 0) is 76.2 Å². The Labute approximate surface area is 189 Å². The number of ether oxygens (including phenoxy) is 2. The van der Waals surface area contributed by atoms with Crippen LogP contribution in [-0.4, -0.2) is 13.0 Å². The average Bonchev–Trinajstić information content (AvgIpc) is 2.77. The van der Waals surface area contributed by atoms with Gasteiger partial charge in [0, 0.05) is 5.69 Å². The van der Waals surface area contributed by atoms with Crippen LogP contribution < -0.4 is 14.8 Å². The van der Waals surface area contributed by atoms with Crippen molar-refractivity contribution >= 4 is 40.3 Å². The van der Waals surface area contributed by atoms with Crippen LogP contribution in [0.5, 0.6) is 11.5 Å². The molecule has 0 aliphatic rings. The topological polar surface area (TPSA) is 71.3 Å². The summed E-state index contributed by atoms with van der Waals surface area (Å²) >= 11 is 2.14. The molecule has 5 nitrogen and oxygen atoms in total. The summed E-state index contributed by atoms with van der Waals surface area (Å²) in [5.41, 5.74) is 2.42. The Bertz CT molecular complexity index is 1090. The summed E-state index contributed by atoms with van der Waals surface area (Å²) in [6.45, 7) is 0.467. The van der Waals surface area contributed by atoms with Gasteiger partial charge in [0.2, 0.25) is 0 Å². The van der Waals surface area contributed by atoms with Crippen molar-refractivity contribution < 1.29 is 14.3 Å². The molecule has 0 heterocycles. The molecule has 3 rings (SSSR count). The van der Waals surface area contributed by atoms with Crippen molar-refractivity contribution in [2.45, 2.75) is 6.61 Å². The van der Waals surface area contributed by atoms with Gasteiger partial charge in [-0.2, -0.15) is 5.26 Å². The fraction of sp³-hybridized carbons (Fsp3) is 0.0833. The first-order valence-electron chi connectivity index (χ1n) is 9.12. The van der Waals surface area contributed by atoms with Crippen LogP contribution in [0.2, 0.25) is 0 Å². The molecule has 0 spiro atoms. The zero-order valence-electron chi connectivity index (χ0n) is 16.3. The maximum Gasteiger partial charge on any atom is 0.266 e. The second kappa shape index (κ2) is 10.5. The molecule has 0 bridgehead atoms. The molecule has 0 unspecified atom stereocenters. The van der Waals surface area contributed by atoms with Gasteiger partial charge in [-0.15, -0.1) is 0 Å². The quantitative estimate of drug-likeness (QED) is 0.262. The SMILES string of the molecule is COc1ccc(/C=C(\C#N)C(=O)Nc2ccc(OCc3ccccc3)cc2)cc1I. The van der Waals surface area contributed by atoms with Crippen molar-refractivity contribution in [1.82, 2.24) is 0 Å². The molecule has 30 heavy (non-hydrogen) atoms. The van der Waals surface area contributed by atoms with Gasteiger partial charge in [-0.1, -0.05) is 36.4 Å². The monoisotopic (exact) mass is 510 g/mol. The molecule has 6 heteroatoms. The van der Waals surface area contributed by atoms with E-state index in [1.165, 1.54) is 0 Å². The number of nitrogens with one attached hydrogen (secondary N) is 1. The number of halogens is 1. The lowest BCUT2D eigenvalue weighted by molar-refractivity contribution is -0.112. The summed E-state index contributed by atoms with van der Waals surface area (Å²) in [7, 11) is 1.60. The van der Waals surface area contributed by atoms with E-state index in [9.17, 15) is 10.1 Å². The first-order valence-corrected chi connectivity index (χ1v) is 10.2. The zero-order valence-corrected chi connectivity index (χ0v) is 18.4. The number of hydrogen-bond acceptors (Lipinski definition) is 4. The molecule has 0 fully saturated rings. The number of nitrogens with zero attached hydrogens (tertiary/aromatic N) is 1. The molecule has 0 atom stereocenters. The molecule has 0 aliphatic carbocycles. The number of carbonyl (C=O) groups is 1. The van der Waals surface area contributed by atoms with Crippen LogP contribution in [0.25, 0.3) is 6.08 Å². The molecule has 0 aliphatic heterocycles. The van der Waals surface area contributed by atoms with Crippen LogP contribution in [0.3, 0.4) is 0 Å². The van der Waals surface area contributed by atoms with Crippen LogP contribution in [0.4, 0.5) is 5.69 Å². The van der Waals surface area contributed by atoms with Crippen molar-refractivity contribution in [1.29, 1.82) is 5.26 Å². The van der Waals surface area contributed by atoms with E-state index in [0.29, 0.717) is 18.0 Å². The molecule has 150 valence electrons. The lowest BCUT2D eigenvalue weighted by atomic mass is 10.1. The number of methoxy groups -OCH3 is 1. The Morgan fingerprint density at radius 2 is 1.83 bits per heavy atom. The molecule has 0 aromatic heterocycles. The summed E-state index contributed by atoms with van der Waals surface area (Å²) in [6, 6.07) is 24.3. The van der Waals surface area contributed by atoms with Gasteiger partial charge < -0.3 is 14.8 Å². The summed E-state index contributed by atoms with van der Waals surface area (Å²) < 4.78 is 11.9. The Hall–Kier alpha value is -3.31. The van der Waals surface area contributed by atoms with Crippen LogP contribution in [-0.2, 0) is 11.4 Å². The van der Waals surface area contributed by atoms with Crippen molar-refractivity contribution in [2.75, 3.05) is 12.4 Å². The Balaban J connectivity index is 1.63. The number of nitriles is 1. The van der Waals surface area contributed by atoms with Gasteiger partial charge in [0.15, 0.2) is 0 Å². The van der Waals surface area contributed by atoms with Crippen LogP contribution in [0.1, 0.15) is 11.1 Å². The summed E-state index contributed by atoms with van der Waals surface area (Å²) in [4.78, 5) is 12.5. The second-order valence-electron chi connectivity index (χ2n) is 6.32. The van der Waals surface area contributed by atoms with Gasteiger partial charge in [0.05, 0.1) is 10.7 Å². The van der Waals surface area contributed by atoms with Gasteiger partial charge in [0.25, 0.3) is 5.91 Å². The Morgan fingerprint density at radius 3 is 2.47 bits per heavy atom. The van der Waals surface area contributed by atoms with E-state index in [1.807, 2.05) is 42.5 Å². The van der Waals surface area contributed by atoms with Crippen LogP contribution >= 0.6 is 22.6 Å². The minimum Gasteiger partial charge on any atom is -0.496 e. The molecular formula is C24H19IN2O3. The number of hydrogen-bond donors (Lipinski definition) is 1. The lowest BCUT2D eigenvalue weighted by Gasteiger charge is -2.08. The Kier molecular flexibility index (Phi) is 7.46. The highest BCUT2D eigenvalue weighted by molar-refractivity contribution is 14.1. The highest BCUT2D eigenvalue weighted by Gasteiger charge is 2.10. The van der Waals surface area contributed by atoms with E-state index in [4.69, 9.17) is 9.47 Å². The molecule has 0 saturated carbocycles. The second-order valence-corrected chi connectivity index (χ2v) is 7.48. The normalized spacial score (nSPS) is 10.8. The maximum atomic E-state index is 12.5. The first kappa shape index (κ1) is 21.4. The van der Waals surface area contributed by atoms with Crippen LogP contribution in [0.15, 0.2) is 78.4 Å². The Morgan fingerprint density at radius 1 is 1.10 bits per heavy atom. The van der Waals surface area contributed by atoms with Gasteiger partial charge >= 0.3 is 0 Å². The number of anilines is 1. The molecule has 0 radical (unpaired) electrons. The lowest BCUT2D eigenvalue weighted by Crippen LogP contribution is -2.13. The third-order valence-electron chi connectivity index (χ3n) is 4.21. The van der Waals surface area contributed by atoms with Gasteiger partial charge in [-0.25, -0.2) is 0 Å². The minimum absolute atomic E-state index is 0.0142. The largest absolute Gasteiger partial charge is 0.496 e. The highest BCUT2D eigenvalue weighted by Crippen LogP contribution is 2.23. The smallest absolute Gasteiger partial charge is 0.266 e. The zero-order chi connectivity index (χ0) is 21.3. The summed E-state index contributed by atoms with van der Waals surface area (Å²) in [5.74, 6) is 0.965. The molecule has 1 N–H and O–H groups in total. The van der Waals surface area contributed by atoms with Crippen molar-refractivity contribution in [3.63, 3.8) is 0 Å². The summed E-state index contributed by atoms with van der Waals surface area (Å²) in [5, 5.41) is 12.1. The third-order valence-corrected chi connectivity index (χ3v) is 5.06. The number of benzene rings is 3. The molecule has 0 saturated heterocycles. The molecule has 3 aromatic carbocycles. The van der Waals surface area contributed by atoms with E-state index in [0.717, 1.165) is 20.4 Å². The van der Waals surface area contributed by atoms with Crippen molar-refractivity contribution in [3.8, 4) is 17.6 Å². The minimum atomic E-state index is -0.471. The molecule has 3 aromatic rings. The van der Waals surface area contributed by atoms with E-state index < -0.39 is 5.91 Å². The molecular weight excluding hydrogens is 491 g/mol. The van der Waals surface area contributed by atoms with E-state index in [1.54, 1.807) is 49.6 Å². The predicted octanol–water partition coefficient (Wildman–Crippen LogP) is 5.42. The fourth-order valence-corrected chi connectivity index (χ4v) is 3.42. The summed E-state index contributed by atoms with van der Waals surface area (Å²) in [6.07, 6.45) is 1.55. The fourth-order valence-electron chi connectivity index (χ4n) is 2.66. The molecule has 1 amide bonds.